The minimum Gasteiger partial charge on any atom is -0.341 e. The van der Waals surface area contributed by atoms with Crippen LogP contribution >= 0.6 is 0 Å². The molecule has 1 unspecified atom stereocenters. The number of benzene rings is 1. The van der Waals surface area contributed by atoms with E-state index in [1.807, 2.05) is 17.0 Å². The van der Waals surface area contributed by atoms with E-state index < -0.39 is 0 Å². The van der Waals surface area contributed by atoms with Gasteiger partial charge in [-0.25, -0.2) is 4.39 Å². The van der Waals surface area contributed by atoms with Gasteiger partial charge in [0.25, 0.3) is 0 Å². The molecule has 1 aromatic carbocycles. The lowest BCUT2D eigenvalue weighted by molar-refractivity contribution is -0.137. The highest BCUT2D eigenvalue weighted by atomic mass is 19.1. The van der Waals surface area contributed by atoms with Gasteiger partial charge in [0.05, 0.1) is 6.54 Å². The molecule has 27 heavy (non-hydrogen) atoms. The van der Waals surface area contributed by atoms with Gasteiger partial charge in [0.15, 0.2) is 0 Å². The first-order valence-corrected chi connectivity index (χ1v) is 9.94. The molecule has 0 bridgehead atoms. The van der Waals surface area contributed by atoms with Crippen molar-refractivity contribution in [2.45, 2.75) is 31.6 Å². The number of carbonyl (C=O) groups excluding carboxylic acids is 2. The van der Waals surface area contributed by atoms with E-state index in [-0.39, 0.29) is 35.5 Å². The van der Waals surface area contributed by atoms with Gasteiger partial charge in [-0.15, -0.1) is 0 Å². The first kappa shape index (κ1) is 18.4. The summed E-state index contributed by atoms with van der Waals surface area (Å²) in [5.41, 5.74) is 1.15. The van der Waals surface area contributed by atoms with Crippen LogP contribution in [0.1, 0.15) is 37.2 Å². The predicted molar refractivity (Wildman–Crippen MR) is 101 cm³/mol. The number of piperidine rings is 1. The molecule has 0 radical (unpaired) electrons. The first-order chi connectivity index (χ1) is 12.9. The molecular formula is C21H28FN3O2. The summed E-state index contributed by atoms with van der Waals surface area (Å²) in [6.45, 7) is 4.34. The molecule has 4 rings (SSSR count). The van der Waals surface area contributed by atoms with Crippen molar-refractivity contribution < 1.29 is 14.0 Å². The first-order valence-electron chi connectivity index (χ1n) is 9.94. The van der Waals surface area contributed by atoms with Crippen molar-refractivity contribution in [3.05, 3.63) is 35.6 Å². The number of nitrogens with zero attached hydrogens (tertiary/aromatic N) is 3. The Morgan fingerprint density at radius 1 is 1.19 bits per heavy atom. The van der Waals surface area contributed by atoms with Crippen LogP contribution in [0.2, 0.25) is 0 Å². The second-order valence-electron chi connectivity index (χ2n) is 8.61. The Morgan fingerprint density at radius 2 is 1.89 bits per heavy atom. The Kier molecular flexibility index (Phi) is 4.93. The number of carbonyl (C=O) groups is 2. The van der Waals surface area contributed by atoms with Gasteiger partial charge in [-0.3, -0.25) is 9.59 Å². The molecule has 3 aliphatic rings. The summed E-state index contributed by atoms with van der Waals surface area (Å²) >= 11 is 0. The SMILES string of the molecule is CN1CCC2(CC1)CC(=O)N(CC(=O)N1CCC(c3ccc(F)cc3)C1)C2. The molecular weight excluding hydrogens is 345 g/mol. The molecule has 0 aliphatic carbocycles. The predicted octanol–water partition coefficient (Wildman–Crippen LogP) is 2.09. The third-order valence-electron chi connectivity index (χ3n) is 6.66. The van der Waals surface area contributed by atoms with Gasteiger partial charge in [0, 0.05) is 32.0 Å². The lowest BCUT2D eigenvalue weighted by atomic mass is 9.78. The zero-order chi connectivity index (χ0) is 19.0. The summed E-state index contributed by atoms with van der Waals surface area (Å²) in [6, 6.07) is 6.57. The zero-order valence-corrected chi connectivity index (χ0v) is 16.0. The highest BCUT2D eigenvalue weighted by Crippen LogP contribution is 2.40. The van der Waals surface area contributed by atoms with Crippen molar-refractivity contribution in [3.8, 4) is 0 Å². The minimum absolute atomic E-state index is 0.0398. The van der Waals surface area contributed by atoms with Gasteiger partial charge in [-0.1, -0.05) is 12.1 Å². The Balaban J connectivity index is 1.33. The second-order valence-corrected chi connectivity index (χ2v) is 8.61. The van der Waals surface area contributed by atoms with E-state index in [1.54, 1.807) is 4.90 Å². The molecule has 1 aromatic rings. The average Bonchev–Trinajstić information content (AvgIpc) is 3.25. The van der Waals surface area contributed by atoms with Crippen LogP contribution in [0.5, 0.6) is 0 Å². The van der Waals surface area contributed by atoms with Crippen molar-refractivity contribution in [1.82, 2.24) is 14.7 Å². The van der Waals surface area contributed by atoms with E-state index >= 15 is 0 Å². The van der Waals surface area contributed by atoms with E-state index in [9.17, 15) is 14.0 Å². The normalized spacial score (nSPS) is 25.6. The molecule has 3 heterocycles. The monoisotopic (exact) mass is 373 g/mol. The van der Waals surface area contributed by atoms with E-state index in [4.69, 9.17) is 0 Å². The van der Waals surface area contributed by atoms with Crippen LogP contribution in [0.15, 0.2) is 24.3 Å². The van der Waals surface area contributed by atoms with Crippen molar-refractivity contribution in [2.24, 2.45) is 5.41 Å². The molecule has 146 valence electrons. The summed E-state index contributed by atoms with van der Waals surface area (Å²) in [7, 11) is 2.12. The maximum Gasteiger partial charge on any atom is 0.242 e. The van der Waals surface area contributed by atoms with Gasteiger partial charge < -0.3 is 14.7 Å². The summed E-state index contributed by atoms with van der Waals surface area (Å²) in [4.78, 5) is 31.2. The summed E-state index contributed by atoms with van der Waals surface area (Å²) in [5.74, 6) is 0.184. The van der Waals surface area contributed by atoms with Gasteiger partial charge in [0.1, 0.15) is 5.82 Å². The lowest BCUT2D eigenvalue weighted by Gasteiger charge is -2.37. The summed E-state index contributed by atoms with van der Waals surface area (Å²) in [6.07, 6.45) is 3.56. The average molecular weight is 373 g/mol. The fourth-order valence-electron chi connectivity index (χ4n) is 4.81. The van der Waals surface area contributed by atoms with E-state index in [1.165, 1.54) is 12.1 Å². The number of rotatable bonds is 3. The Bertz CT molecular complexity index is 713. The largest absolute Gasteiger partial charge is 0.341 e. The Morgan fingerprint density at radius 3 is 2.59 bits per heavy atom. The molecule has 0 aromatic heterocycles. The minimum atomic E-state index is -0.236. The maximum atomic E-state index is 13.1. The molecule has 6 heteroatoms. The highest BCUT2D eigenvalue weighted by Gasteiger charge is 2.45. The zero-order valence-electron chi connectivity index (χ0n) is 16.0. The van der Waals surface area contributed by atoms with Gasteiger partial charge >= 0.3 is 0 Å². The number of halogens is 1. The fraction of sp³-hybridized carbons (Fsp3) is 0.619. The third kappa shape index (κ3) is 3.86. The number of hydrogen-bond acceptors (Lipinski definition) is 3. The Labute approximate surface area is 160 Å². The van der Waals surface area contributed by atoms with Crippen LogP contribution in [0.4, 0.5) is 4.39 Å². The molecule has 3 saturated heterocycles. The van der Waals surface area contributed by atoms with Crippen molar-refractivity contribution in [1.29, 1.82) is 0 Å². The molecule has 5 nitrogen and oxygen atoms in total. The van der Waals surface area contributed by atoms with Crippen LogP contribution in [0, 0.1) is 11.2 Å². The van der Waals surface area contributed by atoms with Gasteiger partial charge in [-0.05, 0) is 62.5 Å². The van der Waals surface area contributed by atoms with E-state index in [0.717, 1.165) is 44.5 Å². The quantitative estimate of drug-likeness (QED) is 0.815. The van der Waals surface area contributed by atoms with E-state index in [0.29, 0.717) is 19.5 Å². The summed E-state index contributed by atoms with van der Waals surface area (Å²) < 4.78 is 13.1. The van der Waals surface area contributed by atoms with Crippen molar-refractivity contribution >= 4 is 11.8 Å². The molecule has 0 N–H and O–H groups in total. The molecule has 3 aliphatic heterocycles. The van der Waals surface area contributed by atoms with Crippen molar-refractivity contribution in [3.63, 3.8) is 0 Å². The second kappa shape index (κ2) is 7.23. The third-order valence-corrected chi connectivity index (χ3v) is 6.66. The molecule has 3 fully saturated rings. The fourth-order valence-corrected chi connectivity index (χ4v) is 4.81. The van der Waals surface area contributed by atoms with Crippen LogP contribution < -0.4 is 0 Å². The van der Waals surface area contributed by atoms with Crippen LogP contribution in [0.3, 0.4) is 0 Å². The standard InChI is InChI=1S/C21H28FN3O2/c1-23-10-7-21(8-11-23)12-19(26)25(15-21)14-20(27)24-9-6-17(13-24)16-2-4-18(22)5-3-16/h2-5,17H,6-15H2,1H3. The summed E-state index contributed by atoms with van der Waals surface area (Å²) in [5, 5.41) is 0. The number of amides is 2. The molecule has 1 atom stereocenters. The highest BCUT2D eigenvalue weighted by molar-refractivity contribution is 5.86. The van der Waals surface area contributed by atoms with Gasteiger partial charge in [-0.2, -0.15) is 0 Å². The smallest absolute Gasteiger partial charge is 0.242 e. The number of likely N-dealkylation sites (tertiary alicyclic amines) is 3. The molecule has 1 spiro atoms. The van der Waals surface area contributed by atoms with E-state index in [2.05, 4.69) is 11.9 Å². The topological polar surface area (TPSA) is 43.9 Å². The lowest BCUT2D eigenvalue weighted by Crippen LogP contribution is -2.42. The molecule has 0 saturated carbocycles. The molecule has 2 amide bonds. The number of hydrogen-bond donors (Lipinski definition) is 0. The van der Waals surface area contributed by atoms with Crippen LogP contribution in [0.25, 0.3) is 0 Å². The van der Waals surface area contributed by atoms with Crippen LogP contribution in [-0.2, 0) is 9.59 Å². The van der Waals surface area contributed by atoms with Gasteiger partial charge in [0.2, 0.25) is 11.8 Å². The maximum absolute atomic E-state index is 13.1. The van der Waals surface area contributed by atoms with Crippen molar-refractivity contribution in [2.75, 3.05) is 46.3 Å². The van der Waals surface area contributed by atoms with Crippen LogP contribution in [-0.4, -0.2) is 72.8 Å². The Hall–Kier alpha value is -1.95.